The molecular weight excluding hydrogens is 420 g/mol. The highest BCUT2D eigenvalue weighted by Gasteiger charge is 2.54. The number of nitrogens with one attached hydrogen (secondary N) is 1. The first-order chi connectivity index (χ1) is 15.6. The lowest BCUT2D eigenvalue weighted by molar-refractivity contribution is -0.217. The number of piperidine rings is 1. The lowest BCUT2D eigenvalue weighted by Gasteiger charge is -2.46. The molecule has 4 fully saturated rings. The van der Waals surface area contributed by atoms with E-state index in [2.05, 4.69) is 51.9 Å². The molecule has 0 aromatic heterocycles. The Morgan fingerprint density at radius 1 is 1.12 bits per heavy atom. The summed E-state index contributed by atoms with van der Waals surface area (Å²) in [7, 11) is 2.10. The molecule has 6 atom stereocenters. The molecule has 4 aliphatic heterocycles. The largest absolute Gasteiger partial charge is 0.342 e. The van der Waals surface area contributed by atoms with Crippen LogP contribution in [0.3, 0.4) is 0 Å². The van der Waals surface area contributed by atoms with E-state index in [1.165, 1.54) is 0 Å². The molecule has 1 N–H and O–H groups in total. The van der Waals surface area contributed by atoms with E-state index >= 15 is 0 Å². The summed E-state index contributed by atoms with van der Waals surface area (Å²) in [5, 5.41) is 3.37. The first-order valence-corrected chi connectivity index (χ1v) is 13.0. The molecule has 188 valence electrons. The molecule has 0 aromatic rings. The van der Waals surface area contributed by atoms with Gasteiger partial charge in [-0.1, -0.05) is 27.7 Å². The van der Waals surface area contributed by atoms with Gasteiger partial charge in [0.15, 0.2) is 5.79 Å². The van der Waals surface area contributed by atoms with Crippen LogP contribution in [0.5, 0.6) is 0 Å². The van der Waals surface area contributed by atoms with Crippen LogP contribution in [0.4, 0.5) is 0 Å². The zero-order chi connectivity index (χ0) is 23.9. The molecule has 0 aliphatic carbocycles. The van der Waals surface area contributed by atoms with Crippen molar-refractivity contribution in [2.24, 2.45) is 11.8 Å². The third-order valence-corrected chi connectivity index (χ3v) is 7.67. The number of carbonyl (C=O) groups is 2. The molecule has 8 nitrogen and oxygen atoms in total. The highest BCUT2D eigenvalue weighted by Crippen LogP contribution is 2.42. The normalized spacial score (nSPS) is 36.3. The number of hydrogen-bond donors (Lipinski definition) is 1. The molecule has 1 spiro atoms. The fraction of sp³-hybridized carbons (Fsp3) is 0.920. The number of likely N-dealkylation sites (N-methyl/N-ethyl adjacent to an activating group) is 1. The summed E-state index contributed by atoms with van der Waals surface area (Å²) in [6.07, 6.45) is 3.14. The average molecular weight is 465 g/mol. The Morgan fingerprint density at radius 3 is 2.36 bits per heavy atom. The molecule has 8 heteroatoms. The van der Waals surface area contributed by atoms with Crippen molar-refractivity contribution in [3.8, 4) is 0 Å². The van der Waals surface area contributed by atoms with Crippen LogP contribution in [0.15, 0.2) is 0 Å². The van der Waals surface area contributed by atoms with Gasteiger partial charge >= 0.3 is 0 Å². The molecule has 0 bridgehead atoms. The maximum atomic E-state index is 13.9. The van der Waals surface area contributed by atoms with Crippen LogP contribution in [0.1, 0.15) is 60.3 Å². The van der Waals surface area contributed by atoms with Gasteiger partial charge in [-0.05, 0) is 38.6 Å². The van der Waals surface area contributed by atoms with Crippen LogP contribution in [0.2, 0.25) is 0 Å². The molecule has 0 saturated carbocycles. The Kier molecular flexibility index (Phi) is 7.39. The lowest BCUT2D eigenvalue weighted by Crippen LogP contribution is -2.63. The standard InChI is InChI=1S/C25H44N4O4/c1-16(2)11-19-23(30)29(10-8-26-19)20(12-17(3)4)24(31)28-9-7-25(13-18(28)5)32-21-14-27(6)15-22(21)33-25/h16-22,26H,7-15H2,1-6H3/t18-,19-,20-,21-,22+,25?/m0/s1. The van der Waals surface area contributed by atoms with Gasteiger partial charge in [0, 0.05) is 51.6 Å². The molecule has 4 heterocycles. The van der Waals surface area contributed by atoms with Gasteiger partial charge in [-0.15, -0.1) is 0 Å². The van der Waals surface area contributed by atoms with Crippen LogP contribution in [-0.2, 0) is 19.1 Å². The summed E-state index contributed by atoms with van der Waals surface area (Å²) in [4.78, 5) is 33.3. The van der Waals surface area contributed by atoms with Crippen LogP contribution < -0.4 is 5.32 Å². The molecule has 2 amide bonds. The van der Waals surface area contributed by atoms with E-state index in [4.69, 9.17) is 9.47 Å². The number of hydrogen-bond acceptors (Lipinski definition) is 6. The molecular formula is C25H44N4O4. The van der Waals surface area contributed by atoms with Crippen LogP contribution in [-0.4, -0.2) is 102 Å². The first kappa shape index (κ1) is 24.9. The molecule has 4 rings (SSSR count). The van der Waals surface area contributed by atoms with Crippen molar-refractivity contribution in [1.29, 1.82) is 0 Å². The number of fused-ring (bicyclic) bond motifs is 1. The highest BCUT2D eigenvalue weighted by molar-refractivity contribution is 5.90. The monoisotopic (exact) mass is 464 g/mol. The Balaban J connectivity index is 1.44. The van der Waals surface area contributed by atoms with Crippen molar-refractivity contribution in [2.45, 2.75) is 96.4 Å². The molecule has 1 unspecified atom stereocenters. The number of piperazine rings is 1. The number of ether oxygens (including phenoxy) is 2. The fourth-order valence-electron chi connectivity index (χ4n) is 6.17. The van der Waals surface area contributed by atoms with Crippen molar-refractivity contribution in [1.82, 2.24) is 20.0 Å². The summed E-state index contributed by atoms with van der Waals surface area (Å²) in [5.74, 6) is 0.356. The van der Waals surface area contributed by atoms with Gasteiger partial charge in [0.2, 0.25) is 11.8 Å². The van der Waals surface area contributed by atoms with Crippen molar-refractivity contribution >= 4 is 11.8 Å². The molecule has 4 aliphatic rings. The minimum Gasteiger partial charge on any atom is -0.342 e. The Bertz CT molecular complexity index is 715. The maximum absolute atomic E-state index is 13.9. The molecule has 0 radical (unpaired) electrons. The second kappa shape index (κ2) is 9.80. The smallest absolute Gasteiger partial charge is 0.245 e. The number of rotatable bonds is 6. The number of likely N-dealkylation sites (tertiary alicyclic amines) is 2. The molecule has 33 heavy (non-hydrogen) atoms. The van der Waals surface area contributed by atoms with E-state index in [1.807, 2.05) is 9.80 Å². The van der Waals surface area contributed by atoms with Gasteiger partial charge in [0.05, 0.1) is 6.04 Å². The van der Waals surface area contributed by atoms with Gasteiger partial charge in [0.1, 0.15) is 18.2 Å². The van der Waals surface area contributed by atoms with Crippen molar-refractivity contribution in [2.75, 3.05) is 39.8 Å². The van der Waals surface area contributed by atoms with Gasteiger partial charge < -0.3 is 29.5 Å². The van der Waals surface area contributed by atoms with Gasteiger partial charge in [-0.3, -0.25) is 9.59 Å². The number of carbonyl (C=O) groups excluding carboxylic acids is 2. The number of amides is 2. The molecule has 0 aromatic carbocycles. The van der Waals surface area contributed by atoms with E-state index < -0.39 is 11.8 Å². The van der Waals surface area contributed by atoms with Crippen LogP contribution in [0, 0.1) is 11.8 Å². The maximum Gasteiger partial charge on any atom is 0.245 e. The Hall–Kier alpha value is -1.22. The average Bonchev–Trinajstić information content (AvgIpc) is 3.20. The second-order valence-corrected chi connectivity index (χ2v) is 11.6. The number of nitrogens with zero attached hydrogens (tertiary/aromatic N) is 3. The zero-order valence-electron chi connectivity index (χ0n) is 21.4. The first-order valence-electron chi connectivity index (χ1n) is 13.0. The predicted octanol–water partition coefficient (Wildman–Crippen LogP) is 1.68. The summed E-state index contributed by atoms with van der Waals surface area (Å²) in [6, 6.07) is -0.577. The zero-order valence-corrected chi connectivity index (χ0v) is 21.4. The van der Waals surface area contributed by atoms with E-state index in [0.717, 1.165) is 26.1 Å². The Morgan fingerprint density at radius 2 is 1.79 bits per heavy atom. The predicted molar refractivity (Wildman–Crippen MR) is 127 cm³/mol. The van der Waals surface area contributed by atoms with E-state index in [1.54, 1.807) is 0 Å². The summed E-state index contributed by atoms with van der Waals surface area (Å²) in [6.45, 7) is 14.4. The fourth-order valence-corrected chi connectivity index (χ4v) is 6.17. The summed E-state index contributed by atoms with van der Waals surface area (Å²) >= 11 is 0. The van der Waals surface area contributed by atoms with Gasteiger partial charge in [-0.2, -0.15) is 0 Å². The van der Waals surface area contributed by atoms with Gasteiger partial charge in [-0.25, -0.2) is 0 Å². The Labute approximate surface area is 199 Å². The van der Waals surface area contributed by atoms with E-state index in [9.17, 15) is 9.59 Å². The third-order valence-electron chi connectivity index (χ3n) is 7.67. The lowest BCUT2D eigenvalue weighted by atomic mass is 9.93. The van der Waals surface area contributed by atoms with Gasteiger partial charge in [0.25, 0.3) is 0 Å². The quantitative estimate of drug-likeness (QED) is 0.645. The van der Waals surface area contributed by atoms with E-state index in [0.29, 0.717) is 44.2 Å². The topological polar surface area (TPSA) is 74.3 Å². The second-order valence-electron chi connectivity index (χ2n) is 11.6. The van der Waals surface area contributed by atoms with Crippen molar-refractivity contribution in [3.63, 3.8) is 0 Å². The molecule has 4 saturated heterocycles. The minimum absolute atomic E-state index is 0.0157. The van der Waals surface area contributed by atoms with E-state index in [-0.39, 0.29) is 36.1 Å². The van der Waals surface area contributed by atoms with Crippen molar-refractivity contribution in [3.05, 3.63) is 0 Å². The van der Waals surface area contributed by atoms with Crippen LogP contribution >= 0.6 is 0 Å². The van der Waals surface area contributed by atoms with Crippen LogP contribution in [0.25, 0.3) is 0 Å². The summed E-state index contributed by atoms with van der Waals surface area (Å²) in [5.41, 5.74) is 0. The highest BCUT2D eigenvalue weighted by atomic mass is 16.8. The SMILES string of the molecule is CC(C)C[C@@H]1NCCN([C@@H](CC(C)C)C(=O)N2CCC3(C[C@@H]2C)O[C@H]2CN(C)C[C@H]2O3)C1=O. The third kappa shape index (κ3) is 5.24. The summed E-state index contributed by atoms with van der Waals surface area (Å²) < 4.78 is 12.8. The minimum atomic E-state index is -0.562. The van der Waals surface area contributed by atoms with Crippen molar-refractivity contribution < 1.29 is 19.1 Å².